The molecule has 0 aliphatic heterocycles. The maximum Gasteiger partial charge on any atom is 0.438 e. The summed E-state index contributed by atoms with van der Waals surface area (Å²) >= 11 is 0. The van der Waals surface area contributed by atoms with Gasteiger partial charge in [0.2, 0.25) is 11.6 Å². The van der Waals surface area contributed by atoms with Crippen molar-refractivity contribution in [3.05, 3.63) is 74.7 Å². The molecule has 0 saturated carbocycles. The zero-order valence-electron chi connectivity index (χ0n) is 17.8. The van der Waals surface area contributed by atoms with Crippen molar-refractivity contribution in [3.8, 4) is 0 Å². The molecule has 1 amide bonds. The second kappa shape index (κ2) is 8.53. The van der Waals surface area contributed by atoms with Gasteiger partial charge in [-0.3, -0.25) is 14.2 Å². The van der Waals surface area contributed by atoms with Gasteiger partial charge >= 0.3 is 6.18 Å². The van der Waals surface area contributed by atoms with Crippen LogP contribution in [0, 0.1) is 20.8 Å². The highest BCUT2D eigenvalue weighted by Crippen LogP contribution is 2.29. The van der Waals surface area contributed by atoms with Gasteiger partial charge in [0, 0.05) is 6.54 Å². The summed E-state index contributed by atoms with van der Waals surface area (Å²) in [6.45, 7) is 7.35. The number of hydrogen-bond acceptors (Lipinski definition) is 3. The molecule has 2 aromatic carbocycles. The average Bonchev–Trinajstić information content (AvgIpc) is 2.70. The monoisotopic (exact) mass is 431 g/mol. The van der Waals surface area contributed by atoms with E-state index in [1.807, 2.05) is 31.2 Å². The van der Waals surface area contributed by atoms with Gasteiger partial charge in [-0.05, 0) is 56.0 Å². The summed E-state index contributed by atoms with van der Waals surface area (Å²) in [6.07, 6.45) is -4.79. The number of fused-ring (bicyclic) bond motifs is 1. The Bertz CT molecular complexity index is 1180. The van der Waals surface area contributed by atoms with E-state index in [9.17, 15) is 22.8 Å². The van der Waals surface area contributed by atoms with E-state index in [2.05, 4.69) is 10.3 Å². The van der Waals surface area contributed by atoms with E-state index in [0.717, 1.165) is 26.8 Å². The van der Waals surface area contributed by atoms with Crippen LogP contribution in [0.5, 0.6) is 0 Å². The summed E-state index contributed by atoms with van der Waals surface area (Å²) in [5, 5.41) is 2.74. The van der Waals surface area contributed by atoms with Crippen LogP contribution in [0.25, 0.3) is 11.0 Å². The fourth-order valence-corrected chi connectivity index (χ4v) is 3.45. The number of benzene rings is 2. The number of nitrogens with zero attached hydrogens (tertiary/aromatic N) is 2. The number of alkyl halides is 3. The zero-order valence-corrected chi connectivity index (χ0v) is 17.8. The van der Waals surface area contributed by atoms with Gasteiger partial charge in [-0.2, -0.15) is 13.2 Å². The van der Waals surface area contributed by atoms with Crippen LogP contribution in [0.4, 0.5) is 13.2 Å². The summed E-state index contributed by atoms with van der Waals surface area (Å²) in [5.74, 6) is -0.524. The maximum atomic E-state index is 13.5. The molecule has 1 heterocycles. The van der Waals surface area contributed by atoms with E-state index in [1.165, 1.54) is 6.07 Å². The van der Waals surface area contributed by atoms with Crippen molar-refractivity contribution < 1.29 is 18.0 Å². The summed E-state index contributed by atoms with van der Waals surface area (Å²) in [7, 11) is 0. The first-order valence-electron chi connectivity index (χ1n) is 9.97. The minimum absolute atomic E-state index is 0.0276. The number of hydrogen-bond donors (Lipinski definition) is 1. The summed E-state index contributed by atoms with van der Waals surface area (Å²) in [4.78, 5) is 29.4. The molecular weight excluding hydrogens is 407 g/mol. The normalized spacial score (nSPS) is 12.7. The van der Waals surface area contributed by atoms with Crippen molar-refractivity contribution in [2.75, 3.05) is 0 Å². The largest absolute Gasteiger partial charge is 0.438 e. The molecular formula is C23H24F3N3O2. The van der Waals surface area contributed by atoms with Crippen molar-refractivity contribution in [2.45, 2.75) is 52.9 Å². The van der Waals surface area contributed by atoms with Gasteiger partial charge in [-0.25, -0.2) is 4.98 Å². The van der Waals surface area contributed by atoms with Crippen LogP contribution >= 0.6 is 0 Å². The SMILES string of the molecule is CC[C@@H](C(=O)NCc1ccc(C)cc1)n1c(=O)c(C(F)(F)F)nc2cc(C)c(C)cc21. The summed E-state index contributed by atoms with van der Waals surface area (Å²) in [5.41, 5.74) is 0.851. The number of carbonyl (C=O) groups excluding carboxylic acids is 1. The Morgan fingerprint density at radius 3 is 2.29 bits per heavy atom. The lowest BCUT2D eigenvalue weighted by Gasteiger charge is -2.22. The molecule has 1 aromatic heterocycles. The first kappa shape index (κ1) is 22.5. The third-order valence-corrected chi connectivity index (χ3v) is 5.36. The summed E-state index contributed by atoms with van der Waals surface area (Å²) < 4.78 is 41.5. The third-order valence-electron chi connectivity index (χ3n) is 5.36. The van der Waals surface area contributed by atoms with Crippen LogP contribution in [0.3, 0.4) is 0 Å². The van der Waals surface area contributed by atoms with Crippen molar-refractivity contribution in [1.82, 2.24) is 14.9 Å². The second-order valence-corrected chi connectivity index (χ2v) is 7.69. The van der Waals surface area contributed by atoms with E-state index in [0.29, 0.717) is 0 Å². The molecule has 1 N–H and O–H groups in total. The van der Waals surface area contributed by atoms with Crippen LogP contribution in [0.15, 0.2) is 41.2 Å². The highest BCUT2D eigenvalue weighted by Gasteiger charge is 2.38. The zero-order chi connectivity index (χ0) is 22.9. The van der Waals surface area contributed by atoms with Gasteiger partial charge < -0.3 is 5.32 Å². The Kier molecular flexibility index (Phi) is 6.20. The quantitative estimate of drug-likeness (QED) is 0.642. The van der Waals surface area contributed by atoms with Crippen LogP contribution in [0.1, 0.15) is 47.3 Å². The number of halogens is 3. The lowest BCUT2D eigenvalue weighted by atomic mass is 10.1. The number of aromatic nitrogens is 2. The van der Waals surface area contributed by atoms with E-state index < -0.39 is 29.4 Å². The number of nitrogens with one attached hydrogen (secondary N) is 1. The van der Waals surface area contributed by atoms with Gasteiger partial charge in [-0.15, -0.1) is 0 Å². The van der Waals surface area contributed by atoms with Crippen molar-refractivity contribution in [2.24, 2.45) is 0 Å². The maximum absolute atomic E-state index is 13.5. The Hall–Kier alpha value is -3.16. The second-order valence-electron chi connectivity index (χ2n) is 7.69. The smallest absolute Gasteiger partial charge is 0.350 e. The lowest BCUT2D eigenvalue weighted by molar-refractivity contribution is -0.142. The molecule has 0 spiro atoms. The van der Waals surface area contributed by atoms with Crippen molar-refractivity contribution in [3.63, 3.8) is 0 Å². The molecule has 0 saturated heterocycles. The molecule has 5 nitrogen and oxygen atoms in total. The number of carbonyl (C=O) groups is 1. The number of amides is 1. The Morgan fingerprint density at radius 2 is 1.71 bits per heavy atom. The van der Waals surface area contributed by atoms with E-state index in [1.54, 1.807) is 26.8 Å². The Morgan fingerprint density at radius 1 is 1.10 bits per heavy atom. The predicted molar refractivity (Wildman–Crippen MR) is 113 cm³/mol. The van der Waals surface area contributed by atoms with Crippen molar-refractivity contribution in [1.29, 1.82) is 0 Å². The first-order chi connectivity index (χ1) is 14.5. The van der Waals surface area contributed by atoms with E-state index in [-0.39, 0.29) is 24.0 Å². The minimum Gasteiger partial charge on any atom is -0.350 e. The molecule has 0 fully saturated rings. The van der Waals surface area contributed by atoms with Gasteiger partial charge in [0.05, 0.1) is 11.0 Å². The molecule has 0 aliphatic carbocycles. The topological polar surface area (TPSA) is 64.0 Å². The van der Waals surface area contributed by atoms with Gasteiger partial charge in [0.15, 0.2) is 0 Å². The fourth-order valence-electron chi connectivity index (χ4n) is 3.45. The highest BCUT2D eigenvalue weighted by molar-refractivity contribution is 5.84. The van der Waals surface area contributed by atoms with Crippen LogP contribution in [0.2, 0.25) is 0 Å². The minimum atomic E-state index is -4.93. The molecule has 3 rings (SSSR count). The molecule has 0 bridgehead atoms. The van der Waals surface area contributed by atoms with Crippen LogP contribution in [-0.4, -0.2) is 15.5 Å². The molecule has 1 atom stereocenters. The molecule has 31 heavy (non-hydrogen) atoms. The van der Waals surface area contributed by atoms with E-state index >= 15 is 0 Å². The van der Waals surface area contributed by atoms with Gasteiger partial charge in [0.25, 0.3) is 5.56 Å². The van der Waals surface area contributed by atoms with Crippen molar-refractivity contribution >= 4 is 16.9 Å². The van der Waals surface area contributed by atoms with Gasteiger partial charge in [0.1, 0.15) is 6.04 Å². The Labute approximate surface area is 177 Å². The Balaban J connectivity index is 2.09. The molecule has 0 radical (unpaired) electrons. The highest BCUT2D eigenvalue weighted by atomic mass is 19.4. The summed E-state index contributed by atoms with van der Waals surface area (Å²) in [6, 6.07) is 9.53. The molecule has 8 heteroatoms. The number of aryl methyl sites for hydroxylation is 3. The molecule has 0 aliphatic rings. The van der Waals surface area contributed by atoms with E-state index in [4.69, 9.17) is 0 Å². The lowest BCUT2D eigenvalue weighted by Crippen LogP contribution is -2.40. The first-order valence-corrected chi connectivity index (χ1v) is 9.97. The predicted octanol–water partition coefficient (Wildman–Crippen LogP) is 4.61. The molecule has 3 aromatic rings. The molecule has 0 unspecified atom stereocenters. The third kappa shape index (κ3) is 4.62. The standard InChI is InChI=1S/C23H24F3N3O2/c1-5-18(21(30)27-12-16-8-6-13(2)7-9-16)29-19-11-15(4)14(3)10-17(19)28-20(22(29)31)23(24,25)26/h6-11,18H,5,12H2,1-4H3,(H,27,30)/t18-/m0/s1. The van der Waals surface area contributed by atoms with Crippen LogP contribution < -0.4 is 10.9 Å². The fraction of sp³-hybridized carbons (Fsp3) is 0.348. The van der Waals surface area contributed by atoms with Gasteiger partial charge in [-0.1, -0.05) is 36.8 Å². The van der Waals surface area contributed by atoms with Crippen LogP contribution in [-0.2, 0) is 17.5 Å². The molecule has 164 valence electrons. The average molecular weight is 431 g/mol. The number of rotatable bonds is 5.